The van der Waals surface area contributed by atoms with Gasteiger partial charge >= 0.3 is 0 Å². The lowest BCUT2D eigenvalue weighted by Gasteiger charge is -2.11. The zero-order chi connectivity index (χ0) is 12.7. The van der Waals surface area contributed by atoms with Crippen LogP contribution in [0.25, 0.3) is 10.2 Å². The molecule has 0 radical (unpaired) electrons. The fraction of sp³-hybridized carbons (Fsp3) is 0.385. The van der Waals surface area contributed by atoms with Crippen LogP contribution in [0.2, 0.25) is 0 Å². The van der Waals surface area contributed by atoms with Crippen molar-refractivity contribution in [3.8, 4) is 0 Å². The summed E-state index contributed by atoms with van der Waals surface area (Å²) in [7, 11) is 0. The van der Waals surface area contributed by atoms with Crippen molar-refractivity contribution in [1.82, 2.24) is 4.98 Å². The number of thiazole rings is 1. The zero-order valence-corrected chi connectivity index (χ0v) is 12.4. The van der Waals surface area contributed by atoms with Gasteiger partial charge < -0.3 is 0 Å². The highest BCUT2D eigenvalue weighted by Crippen LogP contribution is 2.34. The molecule has 0 bridgehead atoms. The molecule has 1 atom stereocenters. The lowest BCUT2D eigenvalue weighted by molar-refractivity contribution is -0.117. The number of carbonyl (C=O) groups is 1. The molecule has 1 amide bonds. The minimum absolute atomic E-state index is 0.191. The third-order valence-corrected chi connectivity index (χ3v) is 5.22. The van der Waals surface area contributed by atoms with E-state index in [1.807, 2.05) is 11.0 Å². The number of halogens is 1. The summed E-state index contributed by atoms with van der Waals surface area (Å²) in [6.45, 7) is 2.84. The Morgan fingerprint density at radius 3 is 3.06 bits per heavy atom. The minimum Gasteiger partial charge on any atom is -0.288 e. The maximum atomic E-state index is 12.0. The number of anilines is 1. The topological polar surface area (TPSA) is 33.2 Å². The maximum absolute atomic E-state index is 12.0. The molecule has 0 saturated carbocycles. The number of benzene rings is 1. The molecule has 5 heteroatoms. The average Bonchev–Trinajstić information content (AvgIpc) is 2.93. The number of aromatic nitrogens is 1. The first-order valence-electron chi connectivity index (χ1n) is 5.91. The third kappa shape index (κ3) is 1.95. The molecule has 1 fully saturated rings. The van der Waals surface area contributed by atoms with E-state index >= 15 is 0 Å². The summed E-state index contributed by atoms with van der Waals surface area (Å²) in [4.78, 5) is 18.4. The molecule has 0 spiro atoms. The van der Waals surface area contributed by atoms with E-state index in [9.17, 15) is 4.79 Å². The van der Waals surface area contributed by atoms with Gasteiger partial charge in [0, 0.05) is 18.3 Å². The summed E-state index contributed by atoms with van der Waals surface area (Å²) in [6, 6.07) is 6.15. The Morgan fingerprint density at radius 1 is 1.56 bits per heavy atom. The van der Waals surface area contributed by atoms with E-state index in [0.717, 1.165) is 27.2 Å². The summed E-state index contributed by atoms with van der Waals surface area (Å²) in [5, 5.41) is 1.71. The molecule has 1 aliphatic heterocycles. The van der Waals surface area contributed by atoms with Crippen LogP contribution in [0.5, 0.6) is 0 Å². The van der Waals surface area contributed by atoms with Gasteiger partial charge in [-0.25, -0.2) is 4.98 Å². The maximum Gasteiger partial charge on any atom is 0.229 e. The molecule has 18 heavy (non-hydrogen) atoms. The molecule has 94 valence electrons. The van der Waals surface area contributed by atoms with Crippen LogP contribution in [-0.4, -0.2) is 22.8 Å². The van der Waals surface area contributed by atoms with Crippen molar-refractivity contribution in [3.05, 3.63) is 23.8 Å². The van der Waals surface area contributed by atoms with Crippen LogP contribution in [0.1, 0.15) is 12.0 Å². The van der Waals surface area contributed by atoms with Crippen LogP contribution in [-0.2, 0) is 4.79 Å². The van der Waals surface area contributed by atoms with Gasteiger partial charge in [-0.1, -0.05) is 39.4 Å². The first-order valence-corrected chi connectivity index (χ1v) is 7.85. The second-order valence-electron chi connectivity index (χ2n) is 4.65. The van der Waals surface area contributed by atoms with Crippen molar-refractivity contribution in [3.63, 3.8) is 0 Å². The van der Waals surface area contributed by atoms with E-state index in [-0.39, 0.29) is 5.91 Å². The van der Waals surface area contributed by atoms with Gasteiger partial charge in [0.2, 0.25) is 5.91 Å². The number of carbonyl (C=O) groups excluding carboxylic acids is 1. The number of aryl methyl sites for hydroxylation is 1. The van der Waals surface area contributed by atoms with Gasteiger partial charge in [0.15, 0.2) is 5.13 Å². The first kappa shape index (κ1) is 12.1. The average molecular weight is 325 g/mol. The lowest BCUT2D eigenvalue weighted by atomic mass is 10.2. The number of alkyl halides is 1. The van der Waals surface area contributed by atoms with Crippen LogP contribution in [0.15, 0.2) is 18.2 Å². The van der Waals surface area contributed by atoms with Crippen molar-refractivity contribution in [2.75, 3.05) is 16.8 Å². The van der Waals surface area contributed by atoms with Gasteiger partial charge in [-0.05, 0) is 24.5 Å². The molecule has 0 aliphatic carbocycles. The predicted octanol–water partition coefficient (Wildman–Crippen LogP) is 3.35. The number of nitrogens with zero attached hydrogens (tertiary/aromatic N) is 2. The highest BCUT2D eigenvalue weighted by Gasteiger charge is 2.31. The lowest BCUT2D eigenvalue weighted by Crippen LogP contribution is -2.24. The Balaban J connectivity index is 2.00. The fourth-order valence-electron chi connectivity index (χ4n) is 2.26. The number of fused-ring (bicyclic) bond motifs is 1. The number of hydrogen-bond acceptors (Lipinski definition) is 3. The van der Waals surface area contributed by atoms with Gasteiger partial charge in [0.1, 0.15) is 0 Å². The molecule has 1 unspecified atom stereocenters. The van der Waals surface area contributed by atoms with Crippen molar-refractivity contribution >= 4 is 48.5 Å². The molecule has 2 heterocycles. The standard InChI is InChI=1S/C13H13BrN2OS/c1-8-3-2-4-10-12(8)15-13(18-10)16-7-9(6-14)5-11(16)17/h2-4,9H,5-7H2,1H3. The number of amides is 1. The van der Waals surface area contributed by atoms with Gasteiger partial charge in [-0.2, -0.15) is 0 Å². The summed E-state index contributed by atoms with van der Waals surface area (Å²) >= 11 is 5.06. The summed E-state index contributed by atoms with van der Waals surface area (Å²) < 4.78 is 1.15. The normalized spacial score (nSPS) is 20.0. The Morgan fingerprint density at radius 2 is 2.39 bits per heavy atom. The van der Waals surface area contributed by atoms with Crippen LogP contribution in [0, 0.1) is 12.8 Å². The van der Waals surface area contributed by atoms with Gasteiger partial charge in [0.05, 0.1) is 10.2 Å². The third-order valence-electron chi connectivity index (χ3n) is 3.26. The zero-order valence-electron chi connectivity index (χ0n) is 10.0. The van der Waals surface area contributed by atoms with Gasteiger partial charge in [-0.15, -0.1) is 0 Å². The largest absolute Gasteiger partial charge is 0.288 e. The van der Waals surface area contributed by atoms with Gasteiger partial charge in [-0.3, -0.25) is 9.69 Å². The molecule has 3 rings (SSSR count). The first-order chi connectivity index (χ1) is 8.69. The van der Waals surface area contributed by atoms with Crippen molar-refractivity contribution in [2.45, 2.75) is 13.3 Å². The number of hydrogen-bond donors (Lipinski definition) is 0. The van der Waals surface area contributed by atoms with E-state index < -0.39 is 0 Å². The Bertz CT molecular complexity index is 610. The van der Waals surface area contributed by atoms with E-state index in [4.69, 9.17) is 0 Å². The fourth-order valence-corrected chi connectivity index (χ4v) is 3.76. The molecular weight excluding hydrogens is 312 g/mol. The Hall–Kier alpha value is -0.940. The van der Waals surface area contributed by atoms with Crippen LogP contribution >= 0.6 is 27.3 Å². The van der Waals surface area contributed by atoms with Crippen LogP contribution in [0.3, 0.4) is 0 Å². The molecule has 1 aliphatic rings. The van der Waals surface area contributed by atoms with Gasteiger partial charge in [0.25, 0.3) is 0 Å². The molecule has 3 nitrogen and oxygen atoms in total. The molecule has 1 aromatic heterocycles. The second kappa shape index (κ2) is 4.63. The predicted molar refractivity (Wildman–Crippen MR) is 78.6 cm³/mol. The molecule has 1 saturated heterocycles. The number of rotatable bonds is 2. The SMILES string of the molecule is Cc1cccc2sc(N3CC(CBr)CC3=O)nc12. The van der Waals surface area contributed by atoms with Crippen LogP contribution in [0.4, 0.5) is 5.13 Å². The molecule has 2 aromatic rings. The van der Waals surface area contributed by atoms with E-state index in [1.165, 1.54) is 5.56 Å². The van der Waals surface area contributed by atoms with Crippen molar-refractivity contribution < 1.29 is 4.79 Å². The Kier molecular flexibility index (Phi) is 3.11. The molecule has 1 aromatic carbocycles. The minimum atomic E-state index is 0.191. The van der Waals surface area contributed by atoms with Crippen molar-refractivity contribution in [1.29, 1.82) is 0 Å². The highest BCUT2D eigenvalue weighted by atomic mass is 79.9. The molecule has 0 N–H and O–H groups in total. The van der Waals surface area contributed by atoms with Crippen LogP contribution < -0.4 is 4.90 Å². The summed E-state index contributed by atoms with van der Waals surface area (Å²) in [6.07, 6.45) is 0.625. The summed E-state index contributed by atoms with van der Waals surface area (Å²) in [5.74, 6) is 0.599. The quantitative estimate of drug-likeness (QED) is 0.794. The van der Waals surface area contributed by atoms with Crippen molar-refractivity contribution in [2.24, 2.45) is 5.92 Å². The smallest absolute Gasteiger partial charge is 0.229 e. The highest BCUT2D eigenvalue weighted by molar-refractivity contribution is 9.09. The van der Waals surface area contributed by atoms with E-state index in [0.29, 0.717) is 12.3 Å². The molecular formula is C13H13BrN2OS. The second-order valence-corrected chi connectivity index (χ2v) is 6.30. The monoisotopic (exact) mass is 324 g/mol. The Labute approximate surface area is 118 Å². The van der Waals surface area contributed by atoms with E-state index in [1.54, 1.807) is 11.3 Å². The number of para-hydroxylation sites is 1. The summed E-state index contributed by atoms with van der Waals surface area (Å²) in [5.41, 5.74) is 2.19. The van der Waals surface area contributed by atoms with E-state index in [2.05, 4.69) is 40.0 Å².